The number of oxazole rings is 1. The van der Waals surface area contributed by atoms with E-state index in [1.165, 1.54) is 23.3 Å². The van der Waals surface area contributed by atoms with Crippen LogP contribution in [0.1, 0.15) is 63.3 Å². The van der Waals surface area contributed by atoms with Gasteiger partial charge >= 0.3 is 5.97 Å². The quantitative estimate of drug-likeness (QED) is 0.533. The van der Waals surface area contributed by atoms with Gasteiger partial charge in [0.2, 0.25) is 5.91 Å². The molecule has 1 saturated heterocycles. The van der Waals surface area contributed by atoms with Crippen LogP contribution in [-0.2, 0) is 20.7 Å². The van der Waals surface area contributed by atoms with Crippen molar-refractivity contribution in [3.63, 3.8) is 0 Å². The predicted molar refractivity (Wildman–Crippen MR) is 139 cm³/mol. The summed E-state index contributed by atoms with van der Waals surface area (Å²) in [6.45, 7) is 8.13. The van der Waals surface area contributed by atoms with Crippen LogP contribution in [0.5, 0.6) is 0 Å². The SMILES string of the molecule is CC1=C[C@@H](O)C[C@@H](F)Cc2nc(co2)C(=O)N2CCC[C@@H]2C(=O)OC(C(C)C)[C@H](C)C=CC(=O)NCC=C1. The number of carbonyl (C=O) groups excluding carboxylic acids is 3. The van der Waals surface area contributed by atoms with Crippen LogP contribution in [0.25, 0.3) is 0 Å². The molecule has 0 radical (unpaired) electrons. The van der Waals surface area contributed by atoms with Gasteiger partial charge in [0, 0.05) is 25.4 Å². The second-order valence-electron chi connectivity index (χ2n) is 10.3. The molecule has 1 unspecified atom stereocenters. The monoisotopic (exact) mass is 531 g/mol. The summed E-state index contributed by atoms with van der Waals surface area (Å²) in [5.74, 6) is -1.51. The molecule has 0 saturated carbocycles. The number of ether oxygens (including phenoxy) is 1. The minimum absolute atomic E-state index is 0.00515. The molecule has 5 atom stereocenters. The van der Waals surface area contributed by atoms with E-state index in [0.29, 0.717) is 25.0 Å². The Morgan fingerprint density at radius 3 is 2.74 bits per heavy atom. The van der Waals surface area contributed by atoms with Crippen LogP contribution in [0.15, 0.2) is 46.6 Å². The number of carbonyl (C=O) groups is 3. The number of nitrogens with one attached hydrogen (secondary N) is 1. The molecule has 0 spiro atoms. The van der Waals surface area contributed by atoms with Crippen LogP contribution in [0.3, 0.4) is 0 Å². The number of allylic oxidation sites excluding steroid dienone is 2. The molecule has 1 fully saturated rings. The van der Waals surface area contributed by atoms with Crippen molar-refractivity contribution in [1.29, 1.82) is 0 Å². The standard InChI is InChI=1S/C28H38FN3O6/c1-17(2)26-19(4)9-10-24(34)30-11-5-7-18(3)13-21(33)14-20(29)15-25-31-22(16-37-25)27(35)32-12-6-8-23(32)28(36)38-26/h5,7,9-10,13,16-17,19-21,23,26,33H,6,8,11-12,14-15H2,1-4H3,(H,30,34)/t19-,20-,21-,23-,26?/m1/s1. The van der Waals surface area contributed by atoms with E-state index in [1.54, 1.807) is 25.2 Å². The molecule has 3 rings (SSSR count). The number of nitrogens with zero attached hydrogens (tertiary/aromatic N) is 2. The first-order chi connectivity index (χ1) is 18.0. The van der Waals surface area contributed by atoms with Crippen LogP contribution >= 0.6 is 0 Å². The average molecular weight is 532 g/mol. The van der Waals surface area contributed by atoms with Crippen molar-refractivity contribution in [1.82, 2.24) is 15.2 Å². The zero-order valence-electron chi connectivity index (χ0n) is 22.4. The Labute approximate surface area is 222 Å². The van der Waals surface area contributed by atoms with Gasteiger partial charge in [-0.15, -0.1) is 0 Å². The number of esters is 1. The van der Waals surface area contributed by atoms with Gasteiger partial charge in [0.05, 0.1) is 12.5 Å². The molecule has 38 heavy (non-hydrogen) atoms. The van der Waals surface area contributed by atoms with Crippen LogP contribution in [0, 0.1) is 11.8 Å². The molecule has 2 bridgehead atoms. The minimum atomic E-state index is -1.45. The second-order valence-corrected chi connectivity index (χ2v) is 10.3. The largest absolute Gasteiger partial charge is 0.460 e. The number of aliphatic hydroxyl groups excluding tert-OH is 1. The van der Waals surface area contributed by atoms with E-state index < -0.39 is 36.3 Å². The van der Waals surface area contributed by atoms with Crippen molar-refractivity contribution < 1.29 is 33.0 Å². The third-order valence-electron chi connectivity index (χ3n) is 6.66. The van der Waals surface area contributed by atoms with Gasteiger partial charge in [0.1, 0.15) is 24.6 Å². The third-order valence-corrected chi connectivity index (χ3v) is 6.66. The fraction of sp³-hybridized carbons (Fsp3) is 0.571. The van der Waals surface area contributed by atoms with E-state index in [4.69, 9.17) is 9.15 Å². The average Bonchev–Trinajstić information content (AvgIpc) is 3.52. The van der Waals surface area contributed by atoms with E-state index in [9.17, 15) is 23.9 Å². The van der Waals surface area contributed by atoms with Crippen LogP contribution < -0.4 is 5.32 Å². The van der Waals surface area contributed by atoms with Crippen LogP contribution in [0.4, 0.5) is 4.39 Å². The first-order valence-electron chi connectivity index (χ1n) is 13.1. The van der Waals surface area contributed by atoms with Crippen molar-refractivity contribution in [2.75, 3.05) is 13.1 Å². The number of cyclic esters (lactones) is 1. The fourth-order valence-electron chi connectivity index (χ4n) is 4.74. The van der Waals surface area contributed by atoms with Gasteiger partial charge in [-0.1, -0.05) is 50.6 Å². The number of amides is 2. The summed E-state index contributed by atoms with van der Waals surface area (Å²) in [5.41, 5.74) is 0.710. The number of halogens is 1. The molecule has 2 N–H and O–H groups in total. The Balaban J connectivity index is 1.85. The summed E-state index contributed by atoms with van der Waals surface area (Å²) in [5, 5.41) is 13.0. The molecule has 2 amide bonds. The lowest BCUT2D eigenvalue weighted by atomic mass is 9.94. The van der Waals surface area contributed by atoms with E-state index >= 15 is 0 Å². The molecule has 3 heterocycles. The highest BCUT2D eigenvalue weighted by Gasteiger charge is 2.38. The maximum Gasteiger partial charge on any atom is 0.329 e. The Morgan fingerprint density at radius 1 is 1.24 bits per heavy atom. The molecule has 2 aliphatic rings. The third kappa shape index (κ3) is 8.11. The van der Waals surface area contributed by atoms with Crippen molar-refractivity contribution in [2.24, 2.45) is 11.8 Å². The van der Waals surface area contributed by atoms with Gasteiger partial charge in [0.15, 0.2) is 11.6 Å². The summed E-state index contributed by atoms with van der Waals surface area (Å²) < 4.78 is 25.8. The Hall–Kier alpha value is -3.27. The summed E-state index contributed by atoms with van der Waals surface area (Å²) in [6.07, 6.45) is 7.01. The first kappa shape index (κ1) is 29.3. The van der Waals surface area contributed by atoms with Gasteiger partial charge in [-0.3, -0.25) is 9.59 Å². The molecule has 9 nitrogen and oxygen atoms in total. The Bertz CT molecular complexity index is 1080. The molecule has 0 aromatic carbocycles. The van der Waals surface area contributed by atoms with E-state index in [1.807, 2.05) is 20.8 Å². The zero-order chi connectivity index (χ0) is 27.8. The lowest BCUT2D eigenvalue weighted by molar-refractivity contribution is -0.158. The second kappa shape index (κ2) is 13.5. The predicted octanol–water partition coefficient (Wildman–Crippen LogP) is 3.30. The Kier molecular flexibility index (Phi) is 10.4. The van der Waals surface area contributed by atoms with Crippen molar-refractivity contribution in [3.8, 4) is 0 Å². The van der Waals surface area contributed by atoms with E-state index in [2.05, 4.69) is 10.3 Å². The number of hydrogen-bond acceptors (Lipinski definition) is 7. The molecule has 0 aliphatic carbocycles. The number of rotatable bonds is 1. The molecule has 10 heteroatoms. The summed E-state index contributed by atoms with van der Waals surface area (Å²) in [6, 6.07) is -0.768. The van der Waals surface area contributed by atoms with E-state index in [0.717, 1.165) is 0 Å². The van der Waals surface area contributed by atoms with Crippen molar-refractivity contribution >= 4 is 17.8 Å². The maximum absolute atomic E-state index is 14.6. The van der Waals surface area contributed by atoms with E-state index in [-0.39, 0.29) is 48.7 Å². The molecule has 208 valence electrons. The lowest BCUT2D eigenvalue weighted by Crippen LogP contribution is -2.44. The van der Waals surface area contributed by atoms with Crippen LogP contribution in [0.2, 0.25) is 0 Å². The summed E-state index contributed by atoms with van der Waals surface area (Å²) in [4.78, 5) is 44.1. The zero-order valence-corrected chi connectivity index (χ0v) is 22.4. The topological polar surface area (TPSA) is 122 Å². The number of aliphatic hydroxyl groups is 1. The normalized spacial score (nSPS) is 28.6. The van der Waals surface area contributed by atoms with Crippen molar-refractivity contribution in [2.45, 2.75) is 77.8 Å². The number of fused-ring (bicyclic) bond motifs is 3. The fourth-order valence-corrected chi connectivity index (χ4v) is 4.74. The van der Waals surface area contributed by atoms with Gasteiger partial charge in [-0.25, -0.2) is 14.2 Å². The summed E-state index contributed by atoms with van der Waals surface area (Å²) >= 11 is 0. The lowest BCUT2D eigenvalue weighted by Gasteiger charge is -2.29. The highest BCUT2D eigenvalue weighted by Crippen LogP contribution is 2.25. The minimum Gasteiger partial charge on any atom is -0.460 e. The van der Waals surface area contributed by atoms with Crippen molar-refractivity contribution in [3.05, 3.63) is 53.8 Å². The highest BCUT2D eigenvalue weighted by atomic mass is 19.1. The van der Waals surface area contributed by atoms with Gasteiger partial charge in [-0.2, -0.15) is 0 Å². The maximum atomic E-state index is 14.6. The number of hydrogen-bond donors (Lipinski definition) is 2. The summed E-state index contributed by atoms with van der Waals surface area (Å²) in [7, 11) is 0. The number of aromatic nitrogens is 1. The molecule has 2 aliphatic heterocycles. The first-order valence-corrected chi connectivity index (χ1v) is 13.1. The highest BCUT2D eigenvalue weighted by molar-refractivity contribution is 5.95. The Morgan fingerprint density at radius 2 is 2.00 bits per heavy atom. The van der Waals surface area contributed by atoms with Gasteiger partial charge in [-0.05, 0) is 31.8 Å². The van der Waals surface area contributed by atoms with Gasteiger partial charge < -0.3 is 24.5 Å². The smallest absolute Gasteiger partial charge is 0.329 e. The van der Waals surface area contributed by atoms with Gasteiger partial charge in [0.25, 0.3) is 5.91 Å². The molecule has 1 aromatic rings. The molecular formula is C28H38FN3O6. The molecule has 1 aromatic heterocycles. The number of alkyl halides is 1. The van der Waals surface area contributed by atoms with Crippen LogP contribution in [-0.4, -0.2) is 70.3 Å². The molecular weight excluding hydrogens is 493 g/mol.